The number of carbonyl (C=O) groups excluding carboxylic acids is 1. The highest BCUT2D eigenvalue weighted by molar-refractivity contribution is 7.10. The van der Waals surface area contributed by atoms with Crippen molar-refractivity contribution in [2.24, 2.45) is 0 Å². The van der Waals surface area contributed by atoms with Gasteiger partial charge in [-0.1, -0.05) is 18.2 Å². The normalized spacial score (nSPS) is 15.5. The summed E-state index contributed by atoms with van der Waals surface area (Å²) in [6, 6.07) is 10.4. The highest BCUT2D eigenvalue weighted by Crippen LogP contribution is 2.27. The van der Waals surface area contributed by atoms with Gasteiger partial charge in [-0.2, -0.15) is 0 Å². The molecule has 0 bridgehead atoms. The lowest BCUT2D eigenvalue weighted by atomic mass is 10.2. The molecule has 138 valence electrons. The van der Waals surface area contributed by atoms with Crippen LogP contribution in [0.2, 0.25) is 0 Å². The van der Waals surface area contributed by atoms with Crippen molar-refractivity contribution in [2.75, 3.05) is 19.6 Å². The Kier molecular flexibility index (Phi) is 6.19. The topological polar surface area (TPSA) is 87.5 Å². The van der Waals surface area contributed by atoms with Crippen molar-refractivity contribution in [1.82, 2.24) is 15.5 Å². The fourth-order valence-corrected chi connectivity index (χ4v) is 4.02. The van der Waals surface area contributed by atoms with Crippen LogP contribution in [0.3, 0.4) is 0 Å². The molecule has 1 aromatic carbocycles. The second-order valence-corrected chi connectivity index (χ2v) is 7.24. The number of hydrogen-bond donors (Lipinski definition) is 2. The molecule has 1 atom stereocenters. The summed E-state index contributed by atoms with van der Waals surface area (Å²) >= 11 is 1.71. The number of hydrogen-bond acceptors (Lipinski definition) is 5. The number of carbonyl (C=O) groups is 1. The van der Waals surface area contributed by atoms with E-state index in [-0.39, 0.29) is 24.3 Å². The van der Waals surface area contributed by atoms with Crippen LogP contribution >= 0.6 is 11.3 Å². The maximum atomic E-state index is 12.2. The van der Waals surface area contributed by atoms with Gasteiger partial charge in [0.15, 0.2) is 0 Å². The van der Waals surface area contributed by atoms with Crippen molar-refractivity contribution in [3.63, 3.8) is 0 Å². The minimum absolute atomic E-state index is 0.0245. The first-order valence-corrected chi connectivity index (χ1v) is 9.54. The second-order valence-electron chi connectivity index (χ2n) is 6.26. The quantitative estimate of drug-likeness (QED) is 0.575. The number of nitro groups is 1. The molecule has 2 amide bonds. The molecule has 1 saturated heterocycles. The molecule has 3 rings (SSSR count). The van der Waals surface area contributed by atoms with Gasteiger partial charge in [0.2, 0.25) is 0 Å². The van der Waals surface area contributed by atoms with E-state index in [4.69, 9.17) is 0 Å². The van der Waals surface area contributed by atoms with Gasteiger partial charge in [-0.3, -0.25) is 15.0 Å². The molecule has 7 nitrogen and oxygen atoms in total. The van der Waals surface area contributed by atoms with Crippen LogP contribution in [0, 0.1) is 10.1 Å². The monoisotopic (exact) mass is 374 g/mol. The van der Waals surface area contributed by atoms with Crippen LogP contribution in [0.25, 0.3) is 0 Å². The summed E-state index contributed by atoms with van der Waals surface area (Å²) in [7, 11) is 0. The van der Waals surface area contributed by atoms with Gasteiger partial charge in [0, 0.05) is 30.1 Å². The van der Waals surface area contributed by atoms with E-state index >= 15 is 0 Å². The summed E-state index contributed by atoms with van der Waals surface area (Å²) in [5.41, 5.74) is 0.722. The number of amides is 2. The van der Waals surface area contributed by atoms with Crippen LogP contribution < -0.4 is 10.6 Å². The Morgan fingerprint density at radius 2 is 2.04 bits per heavy atom. The lowest BCUT2D eigenvalue weighted by Gasteiger charge is -2.26. The number of non-ortho nitro benzene ring substituents is 1. The van der Waals surface area contributed by atoms with E-state index in [1.807, 2.05) is 6.07 Å². The third-order valence-electron chi connectivity index (χ3n) is 4.48. The average molecular weight is 374 g/mol. The Hall–Kier alpha value is -2.45. The first kappa shape index (κ1) is 18.3. The minimum Gasteiger partial charge on any atom is -0.336 e. The van der Waals surface area contributed by atoms with Gasteiger partial charge >= 0.3 is 6.03 Å². The van der Waals surface area contributed by atoms with E-state index in [0.717, 1.165) is 13.1 Å². The van der Waals surface area contributed by atoms with Crippen molar-refractivity contribution in [1.29, 1.82) is 0 Å². The number of thiophene rings is 1. The molecule has 0 radical (unpaired) electrons. The third-order valence-corrected chi connectivity index (χ3v) is 5.46. The van der Waals surface area contributed by atoms with Crippen molar-refractivity contribution in [3.05, 3.63) is 62.3 Å². The maximum Gasteiger partial charge on any atom is 0.315 e. The molecule has 1 fully saturated rings. The highest BCUT2D eigenvalue weighted by Gasteiger charge is 2.24. The Bertz CT molecular complexity index is 745. The van der Waals surface area contributed by atoms with Crippen LogP contribution in [0.15, 0.2) is 41.8 Å². The highest BCUT2D eigenvalue weighted by atomic mass is 32.1. The van der Waals surface area contributed by atoms with Gasteiger partial charge in [-0.05, 0) is 42.9 Å². The zero-order valence-corrected chi connectivity index (χ0v) is 15.2. The number of nitrogens with zero attached hydrogens (tertiary/aromatic N) is 2. The van der Waals surface area contributed by atoms with Gasteiger partial charge < -0.3 is 10.6 Å². The Morgan fingerprint density at radius 3 is 2.73 bits per heavy atom. The smallest absolute Gasteiger partial charge is 0.315 e. The zero-order chi connectivity index (χ0) is 18.4. The van der Waals surface area contributed by atoms with Crippen LogP contribution in [-0.4, -0.2) is 35.5 Å². The van der Waals surface area contributed by atoms with Crippen LogP contribution in [0.4, 0.5) is 10.5 Å². The van der Waals surface area contributed by atoms with Crippen molar-refractivity contribution in [2.45, 2.75) is 25.4 Å². The van der Waals surface area contributed by atoms with Crippen molar-refractivity contribution in [3.8, 4) is 0 Å². The van der Waals surface area contributed by atoms with E-state index in [1.54, 1.807) is 23.5 Å². The molecule has 1 aromatic heterocycles. The standard InChI is InChI=1S/C18H22N4O3S/c23-18(19-12-14-5-3-6-15(11-14)22(24)25)20-13-16(17-7-4-10-26-17)21-8-1-2-9-21/h3-7,10-11,16H,1-2,8-9,12-13H2,(H2,19,20,23). The van der Waals surface area contributed by atoms with Gasteiger partial charge in [-0.15, -0.1) is 11.3 Å². The van der Waals surface area contributed by atoms with Crippen LogP contribution in [0.5, 0.6) is 0 Å². The number of nitrogens with one attached hydrogen (secondary N) is 2. The molecule has 0 aliphatic carbocycles. The molecule has 1 unspecified atom stereocenters. The first-order valence-electron chi connectivity index (χ1n) is 8.66. The van der Waals surface area contributed by atoms with Gasteiger partial charge in [0.1, 0.15) is 0 Å². The van der Waals surface area contributed by atoms with E-state index in [0.29, 0.717) is 12.1 Å². The third kappa shape index (κ3) is 4.80. The summed E-state index contributed by atoms with van der Waals surface area (Å²) < 4.78 is 0. The number of urea groups is 1. The average Bonchev–Trinajstić information content (AvgIpc) is 3.35. The Morgan fingerprint density at radius 1 is 1.23 bits per heavy atom. The number of likely N-dealkylation sites (tertiary alicyclic amines) is 1. The van der Waals surface area contributed by atoms with E-state index in [9.17, 15) is 14.9 Å². The minimum atomic E-state index is -0.439. The molecule has 2 N–H and O–H groups in total. The Labute approximate surface area is 156 Å². The molecule has 2 heterocycles. The largest absolute Gasteiger partial charge is 0.336 e. The van der Waals surface area contributed by atoms with Crippen LogP contribution in [-0.2, 0) is 6.54 Å². The van der Waals surface area contributed by atoms with E-state index in [2.05, 4.69) is 27.0 Å². The maximum absolute atomic E-state index is 12.2. The lowest BCUT2D eigenvalue weighted by Crippen LogP contribution is -2.41. The predicted octanol–water partition coefficient (Wildman–Crippen LogP) is 3.29. The molecular formula is C18H22N4O3S. The Balaban J connectivity index is 1.52. The molecule has 1 aliphatic heterocycles. The van der Waals surface area contributed by atoms with Gasteiger partial charge in [0.25, 0.3) is 5.69 Å². The fraction of sp³-hybridized carbons (Fsp3) is 0.389. The predicted molar refractivity (Wildman–Crippen MR) is 101 cm³/mol. The zero-order valence-electron chi connectivity index (χ0n) is 14.4. The first-order chi connectivity index (χ1) is 12.6. The summed E-state index contributed by atoms with van der Waals surface area (Å²) in [6.07, 6.45) is 2.39. The summed E-state index contributed by atoms with van der Waals surface area (Å²) in [5, 5.41) is 18.6. The number of nitro benzene ring substituents is 1. The van der Waals surface area contributed by atoms with Gasteiger partial charge in [-0.25, -0.2) is 4.79 Å². The molecule has 0 saturated carbocycles. The van der Waals surface area contributed by atoms with Crippen molar-refractivity contribution < 1.29 is 9.72 Å². The van der Waals surface area contributed by atoms with E-state index in [1.165, 1.54) is 29.9 Å². The second kappa shape index (κ2) is 8.77. The van der Waals surface area contributed by atoms with Crippen molar-refractivity contribution >= 4 is 23.1 Å². The molecule has 8 heteroatoms. The van der Waals surface area contributed by atoms with Gasteiger partial charge in [0.05, 0.1) is 11.0 Å². The summed E-state index contributed by atoms with van der Waals surface area (Å²) in [6.45, 7) is 2.90. The number of rotatable bonds is 7. The van der Waals surface area contributed by atoms with Crippen LogP contribution in [0.1, 0.15) is 29.3 Å². The summed E-state index contributed by atoms with van der Waals surface area (Å²) in [4.78, 5) is 26.2. The SMILES string of the molecule is O=C(NCc1cccc([N+](=O)[O-])c1)NCC(c1cccs1)N1CCCC1. The molecular weight excluding hydrogens is 352 g/mol. The van der Waals surface area contributed by atoms with E-state index < -0.39 is 4.92 Å². The molecule has 26 heavy (non-hydrogen) atoms. The lowest BCUT2D eigenvalue weighted by molar-refractivity contribution is -0.384. The fourth-order valence-electron chi connectivity index (χ4n) is 3.16. The molecule has 0 spiro atoms. The number of benzene rings is 1. The molecule has 2 aromatic rings. The summed E-state index contributed by atoms with van der Waals surface area (Å²) in [5.74, 6) is 0. The molecule has 1 aliphatic rings.